The van der Waals surface area contributed by atoms with Gasteiger partial charge in [0.1, 0.15) is 12.1 Å². The first-order chi connectivity index (χ1) is 14.1. The minimum atomic E-state index is -0.491. The molecule has 0 bridgehead atoms. The average Bonchev–Trinajstić information content (AvgIpc) is 3.24. The fourth-order valence-electron chi connectivity index (χ4n) is 2.58. The fourth-order valence-corrected chi connectivity index (χ4v) is 2.58. The summed E-state index contributed by atoms with van der Waals surface area (Å²) in [7, 11) is 0. The summed E-state index contributed by atoms with van der Waals surface area (Å²) in [5, 5.41) is 16.4. The molecule has 2 aromatic carbocycles. The Labute approximate surface area is 166 Å². The number of amides is 1. The van der Waals surface area contributed by atoms with Gasteiger partial charge in [-0.15, -0.1) is 5.10 Å². The van der Waals surface area contributed by atoms with Crippen molar-refractivity contribution in [2.24, 2.45) is 0 Å². The van der Waals surface area contributed by atoms with E-state index in [1.807, 2.05) is 13.8 Å². The van der Waals surface area contributed by atoms with Gasteiger partial charge in [-0.25, -0.2) is 9.07 Å². The van der Waals surface area contributed by atoms with Crippen LogP contribution in [0.5, 0.6) is 11.5 Å². The molecule has 9 nitrogen and oxygen atoms in total. The zero-order valence-corrected chi connectivity index (χ0v) is 16.1. The third-order valence-electron chi connectivity index (χ3n) is 3.83. The molecule has 1 heterocycles. The van der Waals surface area contributed by atoms with Crippen molar-refractivity contribution in [1.82, 2.24) is 20.2 Å². The van der Waals surface area contributed by atoms with E-state index >= 15 is 0 Å². The molecule has 0 spiro atoms. The number of hydrogen-bond donors (Lipinski definition) is 2. The number of nitrogens with zero attached hydrogens (tertiary/aromatic N) is 4. The topological polar surface area (TPSA) is 103 Å². The number of hydrogen-bond acceptors (Lipinski definition) is 7. The lowest BCUT2D eigenvalue weighted by molar-refractivity contribution is -0.114. The maximum Gasteiger partial charge on any atom is 0.243 e. The van der Waals surface area contributed by atoms with E-state index in [2.05, 4.69) is 26.2 Å². The lowest BCUT2D eigenvalue weighted by Gasteiger charge is -2.13. The van der Waals surface area contributed by atoms with Crippen LogP contribution in [-0.2, 0) is 4.79 Å². The molecule has 2 N–H and O–H groups in total. The molecule has 0 fully saturated rings. The van der Waals surface area contributed by atoms with Crippen LogP contribution in [0.2, 0.25) is 0 Å². The largest absolute Gasteiger partial charge is 0.490 e. The summed E-state index contributed by atoms with van der Waals surface area (Å²) < 4.78 is 26.5. The summed E-state index contributed by atoms with van der Waals surface area (Å²) in [5.41, 5.74) is 1.27. The predicted octanol–water partition coefficient (Wildman–Crippen LogP) is 2.65. The van der Waals surface area contributed by atoms with Crippen LogP contribution in [0.25, 0.3) is 5.69 Å². The Morgan fingerprint density at radius 1 is 1.10 bits per heavy atom. The number of tetrazole rings is 1. The van der Waals surface area contributed by atoms with Gasteiger partial charge in [0, 0.05) is 11.8 Å². The van der Waals surface area contributed by atoms with Gasteiger partial charge < -0.3 is 20.1 Å². The van der Waals surface area contributed by atoms with Gasteiger partial charge in [0.2, 0.25) is 5.91 Å². The molecule has 3 aromatic rings. The number of halogens is 1. The van der Waals surface area contributed by atoms with Crippen LogP contribution in [0, 0.1) is 5.82 Å². The monoisotopic (exact) mass is 400 g/mol. The van der Waals surface area contributed by atoms with Gasteiger partial charge in [-0.05, 0) is 54.6 Å². The van der Waals surface area contributed by atoms with Crippen molar-refractivity contribution in [3.05, 3.63) is 48.5 Å². The summed E-state index contributed by atoms with van der Waals surface area (Å²) >= 11 is 0. The molecule has 0 atom stereocenters. The van der Waals surface area contributed by atoms with Gasteiger partial charge in [-0.2, -0.15) is 0 Å². The maximum atomic E-state index is 14.1. The molecule has 1 amide bonds. The minimum Gasteiger partial charge on any atom is -0.490 e. The third-order valence-corrected chi connectivity index (χ3v) is 3.83. The van der Waals surface area contributed by atoms with Crippen LogP contribution >= 0.6 is 0 Å². The Balaban J connectivity index is 1.64. The molecule has 0 aliphatic heterocycles. The van der Waals surface area contributed by atoms with E-state index in [0.29, 0.717) is 36.1 Å². The van der Waals surface area contributed by atoms with Crippen molar-refractivity contribution >= 4 is 17.3 Å². The van der Waals surface area contributed by atoms with Crippen LogP contribution in [0.1, 0.15) is 13.8 Å². The van der Waals surface area contributed by atoms with E-state index in [1.54, 1.807) is 18.2 Å². The standard InChI is InChI=1S/C19H21FN6O3/c1-3-28-17-8-5-13(9-18(17)29-4-2)23-19(27)11-21-16-10-14(6-7-15(16)20)26-12-22-24-25-26/h5-10,12,21H,3-4,11H2,1-2H3,(H,23,27). The van der Waals surface area contributed by atoms with Gasteiger partial charge in [0.15, 0.2) is 11.5 Å². The van der Waals surface area contributed by atoms with Crippen LogP contribution in [0.3, 0.4) is 0 Å². The number of ether oxygens (including phenoxy) is 2. The lowest BCUT2D eigenvalue weighted by atomic mass is 10.2. The Hall–Kier alpha value is -3.69. The first-order valence-electron chi connectivity index (χ1n) is 9.07. The van der Waals surface area contributed by atoms with Crippen molar-refractivity contribution in [3.8, 4) is 17.2 Å². The fraction of sp³-hybridized carbons (Fsp3) is 0.263. The molecule has 0 saturated carbocycles. The molecule has 29 heavy (non-hydrogen) atoms. The number of carbonyl (C=O) groups is 1. The van der Waals surface area contributed by atoms with Crippen LogP contribution in [-0.4, -0.2) is 45.9 Å². The highest BCUT2D eigenvalue weighted by atomic mass is 19.1. The first kappa shape index (κ1) is 20.1. The Kier molecular flexibility index (Phi) is 6.56. The molecule has 0 aliphatic rings. The lowest BCUT2D eigenvalue weighted by Crippen LogP contribution is -2.22. The van der Waals surface area contributed by atoms with Crippen molar-refractivity contribution in [2.45, 2.75) is 13.8 Å². The molecular formula is C19H21FN6O3. The summed E-state index contributed by atoms with van der Waals surface area (Å²) in [5.74, 6) is 0.311. The molecule has 3 rings (SSSR count). The van der Waals surface area contributed by atoms with Gasteiger partial charge in [-0.1, -0.05) is 0 Å². The number of anilines is 2. The zero-order valence-electron chi connectivity index (χ0n) is 16.1. The van der Waals surface area contributed by atoms with Crippen molar-refractivity contribution in [2.75, 3.05) is 30.4 Å². The highest BCUT2D eigenvalue weighted by Crippen LogP contribution is 2.30. The van der Waals surface area contributed by atoms with E-state index in [0.717, 1.165) is 0 Å². The number of carbonyl (C=O) groups excluding carboxylic acids is 1. The molecule has 152 valence electrons. The Morgan fingerprint density at radius 2 is 1.90 bits per heavy atom. The summed E-state index contributed by atoms with van der Waals surface area (Å²) in [6.07, 6.45) is 1.39. The highest BCUT2D eigenvalue weighted by Gasteiger charge is 2.10. The van der Waals surface area contributed by atoms with Crippen molar-refractivity contribution in [1.29, 1.82) is 0 Å². The quantitative estimate of drug-likeness (QED) is 0.569. The molecule has 0 saturated heterocycles. The smallest absolute Gasteiger partial charge is 0.243 e. The van der Waals surface area contributed by atoms with Crippen molar-refractivity contribution in [3.63, 3.8) is 0 Å². The van der Waals surface area contributed by atoms with Gasteiger partial charge in [0.25, 0.3) is 0 Å². The maximum absolute atomic E-state index is 14.1. The number of rotatable bonds is 9. The molecule has 0 aliphatic carbocycles. The van der Waals surface area contributed by atoms with Gasteiger partial charge >= 0.3 is 0 Å². The van der Waals surface area contributed by atoms with E-state index in [4.69, 9.17) is 9.47 Å². The second-order valence-electron chi connectivity index (χ2n) is 5.85. The number of nitrogens with one attached hydrogen (secondary N) is 2. The number of aromatic nitrogens is 4. The SMILES string of the molecule is CCOc1ccc(NC(=O)CNc2cc(-n3cnnn3)ccc2F)cc1OCC. The van der Waals surface area contributed by atoms with E-state index in [-0.39, 0.29) is 18.1 Å². The van der Waals surface area contributed by atoms with E-state index < -0.39 is 5.82 Å². The predicted molar refractivity (Wildman–Crippen MR) is 105 cm³/mol. The zero-order chi connectivity index (χ0) is 20.6. The Bertz CT molecular complexity index is 965. The second-order valence-corrected chi connectivity index (χ2v) is 5.85. The summed E-state index contributed by atoms with van der Waals surface area (Å²) in [6, 6.07) is 9.45. The molecule has 0 unspecified atom stereocenters. The van der Waals surface area contributed by atoms with Gasteiger partial charge in [-0.3, -0.25) is 4.79 Å². The highest BCUT2D eigenvalue weighted by molar-refractivity contribution is 5.94. The van der Waals surface area contributed by atoms with E-state index in [9.17, 15) is 9.18 Å². The first-order valence-corrected chi connectivity index (χ1v) is 9.07. The molecular weight excluding hydrogens is 379 g/mol. The second kappa shape index (κ2) is 9.49. The minimum absolute atomic E-state index is 0.132. The Morgan fingerprint density at radius 3 is 2.62 bits per heavy atom. The summed E-state index contributed by atoms with van der Waals surface area (Å²) in [6.45, 7) is 4.58. The molecule has 0 radical (unpaired) electrons. The molecule has 1 aromatic heterocycles. The average molecular weight is 400 g/mol. The van der Waals surface area contributed by atoms with Crippen LogP contribution in [0.15, 0.2) is 42.7 Å². The third kappa shape index (κ3) is 5.18. The van der Waals surface area contributed by atoms with E-state index in [1.165, 1.54) is 29.2 Å². The normalized spacial score (nSPS) is 10.4. The molecule has 10 heteroatoms. The summed E-state index contributed by atoms with van der Waals surface area (Å²) in [4.78, 5) is 12.3. The van der Waals surface area contributed by atoms with Crippen LogP contribution in [0.4, 0.5) is 15.8 Å². The van der Waals surface area contributed by atoms with Crippen LogP contribution < -0.4 is 20.1 Å². The van der Waals surface area contributed by atoms with Gasteiger partial charge in [0.05, 0.1) is 31.1 Å². The van der Waals surface area contributed by atoms with Crippen molar-refractivity contribution < 1.29 is 18.7 Å². The number of benzene rings is 2.